The molecule has 1 aliphatic heterocycles. The molecule has 4 rings (SSSR count). The zero-order valence-electron chi connectivity index (χ0n) is 14.9. The van der Waals surface area contributed by atoms with Gasteiger partial charge in [0, 0.05) is 34.9 Å². The number of ether oxygens (including phenoxy) is 2. The predicted octanol–water partition coefficient (Wildman–Crippen LogP) is 4.19. The SMILES string of the molecule is CC1(C)Oc2cc3oc(=O)ccc3cc2C[C@@H]1OC(=O)/C=C/c1cccs1. The van der Waals surface area contributed by atoms with Gasteiger partial charge in [-0.1, -0.05) is 6.07 Å². The van der Waals surface area contributed by atoms with E-state index in [0.29, 0.717) is 17.8 Å². The van der Waals surface area contributed by atoms with E-state index in [9.17, 15) is 9.59 Å². The van der Waals surface area contributed by atoms with E-state index >= 15 is 0 Å². The summed E-state index contributed by atoms with van der Waals surface area (Å²) in [5.41, 5.74) is 0.284. The number of benzene rings is 1. The molecule has 0 saturated carbocycles. The molecule has 0 aliphatic carbocycles. The summed E-state index contributed by atoms with van der Waals surface area (Å²) in [6, 6.07) is 10.6. The third kappa shape index (κ3) is 3.66. The van der Waals surface area contributed by atoms with Crippen molar-refractivity contribution in [1.82, 2.24) is 0 Å². The van der Waals surface area contributed by atoms with Gasteiger partial charge in [-0.25, -0.2) is 9.59 Å². The zero-order valence-corrected chi connectivity index (χ0v) is 15.7. The monoisotopic (exact) mass is 382 g/mol. The van der Waals surface area contributed by atoms with Crippen LogP contribution in [0.1, 0.15) is 24.3 Å². The molecular formula is C21H18O5S. The number of carbonyl (C=O) groups excluding carboxylic acids is 1. The van der Waals surface area contributed by atoms with Crippen LogP contribution in [0.15, 0.2) is 57.1 Å². The molecule has 0 bridgehead atoms. The Morgan fingerprint density at radius 3 is 2.93 bits per heavy atom. The number of rotatable bonds is 3. The molecule has 138 valence electrons. The second kappa shape index (κ2) is 6.70. The van der Waals surface area contributed by atoms with Crippen LogP contribution in [-0.4, -0.2) is 17.7 Å². The maximum Gasteiger partial charge on any atom is 0.336 e. The highest BCUT2D eigenvalue weighted by Gasteiger charge is 2.39. The van der Waals surface area contributed by atoms with Gasteiger partial charge in [0.1, 0.15) is 23.0 Å². The lowest BCUT2D eigenvalue weighted by Crippen LogP contribution is -2.48. The Morgan fingerprint density at radius 2 is 2.15 bits per heavy atom. The highest BCUT2D eigenvalue weighted by molar-refractivity contribution is 7.10. The van der Waals surface area contributed by atoms with Crippen LogP contribution in [-0.2, 0) is 16.0 Å². The van der Waals surface area contributed by atoms with Crippen molar-refractivity contribution in [3.05, 3.63) is 68.7 Å². The molecule has 0 saturated heterocycles. The van der Waals surface area contributed by atoms with Crippen molar-refractivity contribution >= 4 is 34.4 Å². The molecule has 27 heavy (non-hydrogen) atoms. The summed E-state index contributed by atoms with van der Waals surface area (Å²) in [6.45, 7) is 3.75. The Balaban J connectivity index is 1.57. The van der Waals surface area contributed by atoms with Crippen LogP contribution in [0.2, 0.25) is 0 Å². The molecule has 0 unspecified atom stereocenters. The summed E-state index contributed by atoms with van der Waals surface area (Å²) < 4.78 is 17.0. The summed E-state index contributed by atoms with van der Waals surface area (Å²) in [7, 11) is 0. The third-order valence-electron chi connectivity index (χ3n) is 4.54. The van der Waals surface area contributed by atoms with Crippen molar-refractivity contribution in [1.29, 1.82) is 0 Å². The van der Waals surface area contributed by atoms with E-state index in [2.05, 4.69) is 0 Å². The van der Waals surface area contributed by atoms with Gasteiger partial charge in [-0.2, -0.15) is 0 Å². The Labute approximate surface area is 159 Å². The van der Waals surface area contributed by atoms with E-state index in [1.165, 1.54) is 12.1 Å². The van der Waals surface area contributed by atoms with Crippen molar-refractivity contribution in [3.8, 4) is 5.75 Å². The molecule has 0 spiro atoms. The van der Waals surface area contributed by atoms with E-state index in [1.807, 2.05) is 37.4 Å². The second-order valence-electron chi connectivity index (χ2n) is 6.94. The van der Waals surface area contributed by atoms with Gasteiger partial charge < -0.3 is 13.9 Å². The van der Waals surface area contributed by atoms with Gasteiger partial charge in [-0.3, -0.25) is 0 Å². The molecule has 0 amide bonds. The first kappa shape index (κ1) is 17.5. The summed E-state index contributed by atoms with van der Waals surface area (Å²) >= 11 is 1.55. The normalized spacial score (nSPS) is 18.2. The lowest BCUT2D eigenvalue weighted by Gasteiger charge is -2.39. The minimum absolute atomic E-state index is 0.401. The zero-order chi connectivity index (χ0) is 19.0. The van der Waals surface area contributed by atoms with Gasteiger partial charge in [0.05, 0.1) is 0 Å². The Hall–Kier alpha value is -2.86. The first-order valence-corrected chi connectivity index (χ1v) is 9.47. The average Bonchev–Trinajstić information content (AvgIpc) is 3.12. The fourth-order valence-electron chi connectivity index (χ4n) is 3.09. The van der Waals surface area contributed by atoms with Gasteiger partial charge >= 0.3 is 11.6 Å². The van der Waals surface area contributed by atoms with Crippen molar-refractivity contribution in [2.75, 3.05) is 0 Å². The lowest BCUT2D eigenvalue weighted by molar-refractivity contribution is -0.155. The van der Waals surface area contributed by atoms with Crippen LogP contribution < -0.4 is 10.4 Å². The molecule has 5 nitrogen and oxygen atoms in total. The maximum absolute atomic E-state index is 12.2. The van der Waals surface area contributed by atoms with Crippen molar-refractivity contribution in [2.45, 2.75) is 32.0 Å². The highest BCUT2D eigenvalue weighted by Crippen LogP contribution is 2.37. The van der Waals surface area contributed by atoms with Gasteiger partial charge in [0.2, 0.25) is 0 Å². The fourth-order valence-corrected chi connectivity index (χ4v) is 3.71. The quantitative estimate of drug-likeness (QED) is 0.386. The number of carbonyl (C=O) groups is 1. The van der Waals surface area contributed by atoms with Crippen molar-refractivity contribution < 1.29 is 18.7 Å². The predicted molar refractivity (Wildman–Crippen MR) is 104 cm³/mol. The molecule has 1 aromatic carbocycles. The summed E-state index contributed by atoms with van der Waals surface area (Å²) in [5, 5.41) is 2.76. The number of fused-ring (bicyclic) bond motifs is 2. The molecule has 6 heteroatoms. The number of hydrogen-bond donors (Lipinski definition) is 0. The topological polar surface area (TPSA) is 65.7 Å². The minimum atomic E-state index is -0.706. The molecule has 3 heterocycles. The molecule has 2 aromatic heterocycles. The van der Waals surface area contributed by atoms with Crippen LogP contribution in [0.25, 0.3) is 17.0 Å². The van der Waals surface area contributed by atoms with Crippen LogP contribution in [0.3, 0.4) is 0 Å². The fraction of sp³-hybridized carbons (Fsp3) is 0.238. The van der Waals surface area contributed by atoms with Crippen LogP contribution in [0.5, 0.6) is 5.75 Å². The van der Waals surface area contributed by atoms with E-state index < -0.39 is 23.3 Å². The lowest BCUT2D eigenvalue weighted by atomic mass is 9.90. The smallest absolute Gasteiger partial charge is 0.336 e. The molecule has 3 aromatic rings. The largest absolute Gasteiger partial charge is 0.484 e. The van der Waals surface area contributed by atoms with Gasteiger partial charge in [-0.15, -0.1) is 11.3 Å². The van der Waals surface area contributed by atoms with E-state index in [-0.39, 0.29) is 0 Å². The third-order valence-corrected chi connectivity index (χ3v) is 5.38. The molecule has 0 fully saturated rings. The molecular weight excluding hydrogens is 364 g/mol. The first-order valence-electron chi connectivity index (χ1n) is 8.59. The number of esters is 1. The summed E-state index contributed by atoms with van der Waals surface area (Å²) in [6.07, 6.45) is 3.27. The Morgan fingerprint density at radius 1 is 1.30 bits per heavy atom. The average molecular weight is 382 g/mol. The summed E-state index contributed by atoms with van der Waals surface area (Å²) in [5.74, 6) is 0.239. The number of hydrogen-bond acceptors (Lipinski definition) is 6. The highest BCUT2D eigenvalue weighted by atomic mass is 32.1. The Kier molecular flexibility index (Phi) is 4.36. The standard InChI is InChI=1S/C21H18O5S/c1-21(2)18(25-20(23)8-6-15-4-3-9-27-15)11-14-10-13-5-7-19(22)24-16(13)12-17(14)26-21/h3-10,12,18H,11H2,1-2H3/b8-6+/t18-/m0/s1. The van der Waals surface area contributed by atoms with Gasteiger partial charge in [0.25, 0.3) is 0 Å². The Bertz CT molecular complexity index is 1080. The van der Waals surface area contributed by atoms with Crippen molar-refractivity contribution in [2.24, 2.45) is 0 Å². The van der Waals surface area contributed by atoms with Gasteiger partial charge in [-0.05, 0) is 49.1 Å². The maximum atomic E-state index is 12.2. The van der Waals surface area contributed by atoms with Crippen LogP contribution in [0.4, 0.5) is 0 Å². The molecule has 0 radical (unpaired) electrons. The van der Waals surface area contributed by atoms with Crippen molar-refractivity contribution in [3.63, 3.8) is 0 Å². The molecule has 1 atom stereocenters. The minimum Gasteiger partial charge on any atom is -0.484 e. The summed E-state index contributed by atoms with van der Waals surface area (Å²) in [4.78, 5) is 24.7. The molecule has 1 aliphatic rings. The first-order chi connectivity index (χ1) is 12.9. The van der Waals surface area contributed by atoms with E-state index in [0.717, 1.165) is 15.8 Å². The van der Waals surface area contributed by atoms with E-state index in [1.54, 1.807) is 29.5 Å². The van der Waals surface area contributed by atoms with Crippen LogP contribution in [0, 0.1) is 0 Å². The van der Waals surface area contributed by atoms with E-state index in [4.69, 9.17) is 13.9 Å². The second-order valence-corrected chi connectivity index (χ2v) is 7.92. The van der Waals surface area contributed by atoms with Gasteiger partial charge in [0.15, 0.2) is 0 Å². The molecule has 0 N–H and O–H groups in total. The number of thiophene rings is 1. The van der Waals surface area contributed by atoms with Crippen LogP contribution >= 0.6 is 11.3 Å².